The van der Waals surface area contributed by atoms with Crippen molar-refractivity contribution in [2.75, 3.05) is 32.7 Å². The third-order valence-electron chi connectivity index (χ3n) is 5.18. The lowest BCUT2D eigenvalue weighted by Gasteiger charge is -2.36. The average molecular weight is 396 g/mol. The lowest BCUT2D eigenvalue weighted by molar-refractivity contribution is -0.134. The number of carbonyl (C=O) groups excluding carboxylic acids is 1. The molecule has 6 nitrogen and oxygen atoms in total. The molecule has 1 saturated heterocycles. The Morgan fingerprint density at radius 1 is 1.07 bits per heavy atom. The second-order valence-electron chi connectivity index (χ2n) is 7.45. The summed E-state index contributed by atoms with van der Waals surface area (Å²) in [7, 11) is -3.77. The van der Waals surface area contributed by atoms with Gasteiger partial charge in [0.25, 0.3) is 0 Å². The molecule has 1 fully saturated rings. The van der Waals surface area contributed by atoms with Gasteiger partial charge in [-0.05, 0) is 44.9 Å². The molecule has 27 heavy (non-hydrogen) atoms. The maximum atomic E-state index is 13.1. The van der Waals surface area contributed by atoms with Gasteiger partial charge >= 0.3 is 0 Å². The fourth-order valence-electron chi connectivity index (χ4n) is 3.86. The summed E-state index contributed by atoms with van der Waals surface area (Å²) >= 11 is 0. The summed E-state index contributed by atoms with van der Waals surface area (Å²) < 4.78 is 28.8. The Bertz CT molecular complexity index is 746. The van der Waals surface area contributed by atoms with E-state index in [-0.39, 0.29) is 10.8 Å². The fraction of sp³-hybridized carbons (Fsp3) is 0.650. The van der Waals surface area contributed by atoms with Gasteiger partial charge < -0.3 is 9.80 Å². The number of amides is 1. The maximum Gasteiger partial charge on any atom is 0.241 e. The Hall–Kier alpha value is -1.44. The number of aryl methyl sites for hydroxylation is 3. The van der Waals surface area contributed by atoms with Gasteiger partial charge in [-0.1, -0.05) is 38.0 Å². The van der Waals surface area contributed by atoms with Gasteiger partial charge in [-0.3, -0.25) is 4.79 Å². The maximum absolute atomic E-state index is 13.1. The van der Waals surface area contributed by atoms with Gasteiger partial charge in [0.1, 0.15) is 6.04 Å². The van der Waals surface area contributed by atoms with Crippen LogP contribution >= 0.6 is 0 Å². The van der Waals surface area contributed by atoms with E-state index in [0.29, 0.717) is 30.6 Å². The Morgan fingerprint density at radius 3 is 2.11 bits per heavy atom. The van der Waals surface area contributed by atoms with Gasteiger partial charge in [-0.2, -0.15) is 4.72 Å². The van der Waals surface area contributed by atoms with Crippen LogP contribution in [0.15, 0.2) is 17.0 Å². The normalized spacial score (nSPS) is 17.1. The Labute approximate surface area is 164 Å². The third-order valence-corrected chi connectivity index (χ3v) is 6.95. The number of piperazine rings is 1. The molecule has 0 aliphatic carbocycles. The Balaban J connectivity index is 2.21. The SMILES string of the molecule is CCCC(NS(=O)(=O)c1c(C)cc(C)cc1C)C(=O)N1CCN(CC)CC1. The molecule has 0 radical (unpaired) electrons. The zero-order valence-corrected chi connectivity index (χ0v) is 18.0. The van der Waals surface area contributed by atoms with E-state index in [1.807, 2.05) is 26.0 Å². The van der Waals surface area contributed by atoms with Crippen LogP contribution in [0.5, 0.6) is 0 Å². The van der Waals surface area contributed by atoms with E-state index in [1.54, 1.807) is 18.7 Å². The van der Waals surface area contributed by atoms with Crippen LogP contribution in [0.3, 0.4) is 0 Å². The Kier molecular flexibility index (Phi) is 7.42. The Morgan fingerprint density at radius 2 is 1.63 bits per heavy atom. The molecule has 1 atom stereocenters. The minimum Gasteiger partial charge on any atom is -0.339 e. The van der Waals surface area contributed by atoms with E-state index in [0.717, 1.165) is 31.6 Å². The van der Waals surface area contributed by atoms with Gasteiger partial charge in [0.2, 0.25) is 15.9 Å². The zero-order valence-electron chi connectivity index (χ0n) is 17.2. The topological polar surface area (TPSA) is 69.7 Å². The molecule has 1 unspecified atom stereocenters. The highest BCUT2D eigenvalue weighted by Gasteiger charge is 2.31. The van der Waals surface area contributed by atoms with Crippen molar-refractivity contribution >= 4 is 15.9 Å². The van der Waals surface area contributed by atoms with Crippen LogP contribution in [0, 0.1) is 20.8 Å². The van der Waals surface area contributed by atoms with Crippen molar-refractivity contribution in [1.29, 1.82) is 0 Å². The van der Waals surface area contributed by atoms with Gasteiger partial charge in [-0.25, -0.2) is 8.42 Å². The van der Waals surface area contributed by atoms with E-state index in [4.69, 9.17) is 0 Å². The van der Waals surface area contributed by atoms with Gasteiger partial charge in [0.15, 0.2) is 0 Å². The molecule has 1 amide bonds. The van der Waals surface area contributed by atoms with E-state index in [9.17, 15) is 13.2 Å². The highest BCUT2D eigenvalue weighted by atomic mass is 32.2. The van der Waals surface area contributed by atoms with Crippen molar-refractivity contribution in [3.63, 3.8) is 0 Å². The molecular weight excluding hydrogens is 362 g/mol. The van der Waals surface area contributed by atoms with E-state index >= 15 is 0 Å². The van der Waals surface area contributed by atoms with Crippen LogP contribution in [-0.2, 0) is 14.8 Å². The zero-order chi connectivity index (χ0) is 20.2. The molecule has 1 aromatic rings. The lowest BCUT2D eigenvalue weighted by Crippen LogP contribution is -2.54. The molecule has 1 aromatic carbocycles. The minimum atomic E-state index is -3.77. The third kappa shape index (κ3) is 5.30. The first kappa shape index (κ1) is 21.9. The summed E-state index contributed by atoms with van der Waals surface area (Å²) in [5, 5.41) is 0. The van der Waals surface area contributed by atoms with E-state index in [1.165, 1.54) is 0 Å². The summed E-state index contributed by atoms with van der Waals surface area (Å²) in [6.45, 7) is 13.6. The summed E-state index contributed by atoms with van der Waals surface area (Å²) in [4.78, 5) is 17.4. The van der Waals surface area contributed by atoms with Crippen LogP contribution < -0.4 is 4.72 Å². The van der Waals surface area contributed by atoms with Crippen LogP contribution in [0.1, 0.15) is 43.4 Å². The molecule has 152 valence electrons. The van der Waals surface area contributed by atoms with Gasteiger partial charge in [-0.15, -0.1) is 0 Å². The summed E-state index contributed by atoms with van der Waals surface area (Å²) in [6.07, 6.45) is 1.23. The molecule has 0 saturated carbocycles. The predicted molar refractivity (Wildman–Crippen MR) is 108 cm³/mol. The van der Waals surface area contributed by atoms with Crippen LogP contribution in [0.4, 0.5) is 0 Å². The average Bonchev–Trinajstić information content (AvgIpc) is 2.59. The van der Waals surface area contributed by atoms with E-state index in [2.05, 4.69) is 16.5 Å². The highest BCUT2D eigenvalue weighted by molar-refractivity contribution is 7.89. The molecule has 0 spiro atoms. The molecule has 1 heterocycles. The predicted octanol–water partition coefficient (Wildman–Crippen LogP) is 2.22. The molecular formula is C20H33N3O3S. The van der Waals surface area contributed by atoms with Crippen molar-refractivity contribution in [3.05, 3.63) is 28.8 Å². The lowest BCUT2D eigenvalue weighted by atomic mass is 10.1. The van der Waals surface area contributed by atoms with Crippen molar-refractivity contribution in [1.82, 2.24) is 14.5 Å². The number of rotatable bonds is 7. The molecule has 1 aliphatic rings. The van der Waals surface area contributed by atoms with Crippen LogP contribution in [0.25, 0.3) is 0 Å². The smallest absolute Gasteiger partial charge is 0.241 e. The van der Waals surface area contributed by atoms with Crippen molar-refractivity contribution in [2.45, 2.75) is 58.4 Å². The molecule has 1 aliphatic heterocycles. The fourth-order valence-corrected chi connectivity index (χ4v) is 5.54. The first-order chi connectivity index (χ1) is 12.7. The molecule has 1 N–H and O–H groups in total. The van der Waals surface area contributed by atoms with Gasteiger partial charge in [0, 0.05) is 26.2 Å². The molecule has 2 rings (SSSR count). The minimum absolute atomic E-state index is 0.112. The standard InChI is InChI=1S/C20H33N3O3S/c1-6-8-18(20(24)23-11-9-22(7-2)10-12-23)21-27(25,26)19-16(4)13-15(3)14-17(19)5/h13-14,18,21H,6-12H2,1-5H3. The number of sulfonamides is 1. The number of likely N-dealkylation sites (N-methyl/N-ethyl adjacent to an activating group) is 1. The summed E-state index contributed by atoms with van der Waals surface area (Å²) in [6, 6.07) is 3.01. The van der Waals surface area contributed by atoms with Crippen molar-refractivity contribution < 1.29 is 13.2 Å². The highest BCUT2D eigenvalue weighted by Crippen LogP contribution is 2.22. The summed E-state index contributed by atoms with van der Waals surface area (Å²) in [5.74, 6) is -0.112. The molecule has 0 bridgehead atoms. The van der Waals surface area contributed by atoms with Crippen molar-refractivity contribution in [3.8, 4) is 0 Å². The number of carbonyl (C=O) groups is 1. The number of hydrogen-bond acceptors (Lipinski definition) is 4. The number of hydrogen-bond donors (Lipinski definition) is 1. The quantitative estimate of drug-likeness (QED) is 0.769. The first-order valence-electron chi connectivity index (χ1n) is 9.80. The van der Waals surface area contributed by atoms with Crippen molar-refractivity contribution in [2.24, 2.45) is 0 Å². The largest absolute Gasteiger partial charge is 0.339 e. The monoisotopic (exact) mass is 395 g/mol. The van der Waals surface area contributed by atoms with Gasteiger partial charge in [0.05, 0.1) is 4.90 Å². The molecule has 7 heteroatoms. The number of nitrogens with one attached hydrogen (secondary N) is 1. The van der Waals surface area contributed by atoms with Crippen LogP contribution in [0.2, 0.25) is 0 Å². The molecule has 0 aromatic heterocycles. The second-order valence-corrected chi connectivity index (χ2v) is 9.10. The second kappa shape index (κ2) is 9.17. The number of nitrogens with zero attached hydrogens (tertiary/aromatic N) is 2. The van der Waals surface area contributed by atoms with E-state index < -0.39 is 16.1 Å². The number of benzene rings is 1. The summed E-state index contributed by atoms with van der Waals surface area (Å²) in [5.41, 5.74) is 2.44. The first-order valence-corrected chi connectivity index (χ1v) is 11.3. The van der Waals surface area contributed by atoms with Crippen LogP contribution in [-0.4, -0.2) is 62.9 Å².